The summed E-state index contributed by atoms with van der Waals surface area (Å²) in [5.74, 6) is 1.35. The van der Waals surface area contributed by atoms with Crippen molar-refractivity contribution in [1.29, 1.82) is 0 Å². The van der Waals surface area contributed by atoms with Gasteiger partial charge in [0.05, 0.1) is 5.75 Å². The summed E-state index contributed by atoms with van der Waals surface area (Å²) in [4.78, 5) is 16.3. The smallest absolute Gasteiger partial charge is 0.230 e. The molecule has 0 aliphatic heterocycles. The molecule has 0 spiro atoms. The van der Waals surface area contributed by atoms with E-state index in [1.165, 1.54) is 24.6 Å². The number of nitrogens with zero attached hydrogens (tertiary/aromatic N) is 4. The third kappa shape index (κ3) is 3.45. The fourth-order valence-corrected chi connectivity index (χ4v) is 4.02. The maximum absolute atomic E-state index is 12.1. The van der Waals surface area contributed by atoms with Gasteiger partial charge in [-0.1, -0.05) is 24.6 Å². The van der Waals surface area contributed by atoms with E-state index in [0.29, 0.717) is 17.8 Å². The fourth-order valence-electron chi connectivity index (χ4n) is 3.20. The lowest BCUT2D eigenvalue weighted by Crippen LogP contribution is -2.33. The van der Waals surface area contributed by atoms with Gasteiger partial charge in [0.25, 0.3) is 0 Å². The first kappa shape index (κ1) is 15.6. The molecule has 0 aromatic carbocycles. The summed E-state index contributed by atoms with van der Waals surface area (Å²) >= 11 is 1.48. The van der Waals surface area contributed by atoms with E-state index in [1.807, 2.05) is 18.3 Å². The zero-order valence-corrected chi connectivity index (χ0v) is 14.3. The Labute approximate surface area is 145 Å². The Bertz CT molecular complexity index is 707. The van der Waals surface area contributed by atoms with E-state index < -0.39 is 0 Å². The molecular weight excluding hydrogens is 322 g/mol. The predicted molar refractivity (Wildman–Crippen MR) is 92.6 cm³/mol. The second-order valence-corrected chi connectivity index (χ2v) is 7.43. The molecular formula is C17H21N5OS. The van der Waals surface area contributed by atoms with Crippen LogP contribution in [0.1, 0.15) is 44.6 Å². The van der Waals surface area contributed by atoms with E-state index in [-0.39, 0.29) is 5.91 Å². The van der Waals surface area contributed by atoms with Crippen molar-refractivity contribution in [1.82, 2.24) is 25.1 Å². The molecule has 1 N–H and O–H groups in total. The first-order chi connectivity index (χ1) is 11.8. The number of hydrogen-bond donors (Lipinski definition) is 1. The van der Waals surface area contributed by atoms with E-state index in [2.05, 4.69) is 25.1 Å². The van der Waals surface area contributed by atoms with Gasteiger partial charge in [-0.15, -0.1) is 10.2 Å². The Morgan fingerprint density at radius 1 is 1.25 bits per heavy atom. The number of rotatable bonds is 6. The lowest BCUT2D eigenvalue weighted by molar-refractivity contribution is -0.119. The van der Waals surface area contributed by atoms with Crippen molar-refractivity contribution in [3.8, 4) is 11.4 Å². The van der Waals surface area contributed by atoms with Crippen molar-refractivity contribution < 1.29 is 4.79 Å². The molecule has 24 heavy (non-hydrogen) atoms. The van der Waals surface area contributed by atoms with Gasteiger partial charge in [-0.2, -0.15) is 0 Å². The van der Waals surface area contributed by atoms with Gasteiger partial charge < -0.3 is 5.32 Å². The van der Waals surface area contributed by atoms with Crippen LogP contribution in [0.5, 0.6) is 0 Å². The van der Waals surface area contributed by atoms with E-state index in [9.17, 15) is 4.79 Å². The number of carbonyl (C=O) groups excluding carboxylic acids is 1. The molecule has 4 rings (SSSR count). The number of carbonyl (C=O) groups is 1. The highest BCUT2D eigenvalue weighted by Gasteiger charge is 2.30. The van der Waals surface area contributed by atoms with Crippen LogP contribution in [0.2, 0.25) is 0 Å². The molecule has 2 heterocycles. The van der Waals surface area contributed by atoms with Crippen molar-refractivity contribution in [3.05, 3.63) is 24.5 Å². The van der Waals surface area contributed by atoms with Crippen molar-refractivity contribution >= 4 is 17.7 Å². The summed E-state index contributed by atoms with van der Waals surface area (Å²) in [6, 6.07) is 4.72. The minimum atomic E-state index is 0.0974. The molecule has 0 atom stereocenters. The number of pyridine rings is 1. The molecule has 2 aromatic rings. The van der Waals surface area contributed by atoms with Gasteiger partial charge in [-0.25, -0.2) is 0 Å². The molecule has 2 fully saturated rings. The second kappa shape index (κ2) is 6.93. The Kier molecular flexibility index (Phi) is 4.51. The van der Waals surface area contributed by atoms with Gasteiger partial charge in [0.15, 0.2) is 11.0 Å². The number of hydrogen-bond acceptors (Lipinski definition) is 5. The largest absolute Gasteiger partial charge is 0.353 e. The molecule has 2 aromatic heterocycles. The highest BCUT2D eigenvalue weighted by Crippen LogP contribution is 2.40. The molecule has 126 valence electrons. The van der Waals surface area contributed by atoms with Crippen LogP contribution in [-0.4, -0.2) is 37.5 Å². The SMILES string of the molecule is O=C(CSc1nnc(-c2cccnc2)n1C1CC1)NC1CCCC1. The fraction of sp³-hybridized carbons (Fsp3) is 0.529. The van der Waals surface area contributed by atoms with Gasteiger partial charge in [-0.3, -0.25) is 14.3 Å². The topological polar surface area (TPSA) is 72.7 Å². The summed E-state index contributed by atoms with van der Waals surface area (Å²) < 4.78 is 2.17. The van der Waals surface area contributed by atoms with Gasteiger partial charge in [0.2, 0.25) is 5.91 Å². The summed E-state index contributed by atoms with van der Waals surface area (Å²) in [5.41, 5.74) is 0.971. The minimum absolute atomic E-state index is 0.0974. The third-order valence-electron chi connectivity index (χ3n) is 4.55. The van der Waals surface area contributed by atoms with Crippen LogP contribution in [0.25, 0.3) is 11.4 Å². The number of aromatic nitrogens is 4. The van der Waals surface area contributed by atoms with E-state index in [0.717, 1.165) is 42.2 Å². The molecule has 0 radical (unpaired) electrons. The van der Waals surface area contributed by atoms with Gasteiger partial charge in [0, 0.05) is 30.0 Å². The zero-order valence-electron chi connectivity index (χ0n) is 13.5. The molecule has 6 nitrogen and oxygen atoms in total. The average molecular weight is 343 g/mol. The number of nitrogens with one attached hydrogen (secondary N) is 1. The molecule has 2 saturated carbocycles. The normalized spacial score (nSPS) is 18.0. The highest BCUT2D eigenvalue weighted by molar-refractivity contribution is 7.99. The number of amides is 1. The Balaban J connectivity index is 1.45. The minimum Gasteiger partial charge on any atom is -0.353 e. The predicted octanol–water partition coefficient (Wildman–Crippen LogP) is 2.83. The van der Waals surface area contributed by atoms with E-state index in [1.54, 1.807) is 6.20 Å². The molecule has 7 heteroatoms. The Morgan fingerprint density at radius 2 is 2.08 bits per heavy atom. The Hall–Kier alpha value is -1.89. The molecule has 2 aliphatic rings. The second-order valence-electron chi connectivity index (χ2n) is 6.49. The molecule has 0 bridgehead atoms. The van der Waals surface area contributed by atoms with Crippen LogP contribution in [0.3, 0.4) is 0 Å². The van der Waals surface area contributed by atoms with Gasteiger partial charge >= 0.3 is 0 Å². The van der Waals surface area contributed by atoms with Gasteiger partial charge in [0.1, 0.15) is 0 Å². The third-order valence-corrected chi connectivity index (χ3v) is 5.49. The maximum Gasteiger partial charge on any atom is 0.230 e. The number of thioether (sulfide) groups is 1. The summed E-state index contributed by atoms with van der Waals surface area (Å²) in [5, 5.41) is 12.6. The van der Waals surface area contributed by atoms with Crippen LogP contribution in [-0.2, 0) is 4.79 Å². The average Bonchev–Trinajstić information content (AvgIpc) is 3.15. The van der Waals surface area contributed by atoms with E-state index in [4.69, 9.17) is 0 Å². The summed E-state index contributed by atoms with van der Waals surface area (Å²) in [6.07, 6.45) is 10.5. The van der Waals surface area contributed by atoms with Crippen molar-refractivity contribution in [2.45, 2.75) is 55.8 Å². The Morgan fingerprint density at radius 3 is 2.79 bits per heavy atom. The lowest BCUT2D eigenvalue weighted by Gasteiger charge is -2.12. The lowest BCUT2D eigenvalue weighted by atomic mass is 10.2. The monoisotopic (exact) mass is 343 g/mol. The molecule has 0 saturated heterocycles. The van der Waals surface area contributed by atoms with E-state index >= 15 is 0 Å². The summed E-state index contributed by atoms with van der Waals surface area (Å²) in [6.45, 7) is 0. The first-order valence-corrected chi connectivity index (χ1v) is 9.57. The maximum atomic E-state index is 12.1. The molecule has 0 unspecified atom stereocenters. The van der Waals surface area contributed by atoms with Crippen LogP contribution >= 0.6 is 11.8 Å². The van der Waals surface area contributed by atoms with Crippen molar-refractivity contribution in [2.75, 3.05) is 5.75 Å². The van der Waals surface area contributed by atoms with Gasteiger partial charge in [-0.05, 0) is 37.8 Å². The molecule has 2 aliphatic carbocycles. The molecule has 1 amide bonds. The highest BCUT2D eigenvalue weighted by atomic mass is 32.2. The van der Waals surface area contributed by atoms with Crippen LogP contribution in [0, 0.1) is 0 Å². The standard InChI is InChI=1S/C17H21N5OS/c23-15(19-13-5-1-2-6-13)11-24-17-21-20-16(22(17)14-7-8-14)12-4-3-9-18-10-12/h3-4,9-10,13-14H,1-2,5-8,11H2,(H,19,23). The van der Waals surface area contributed by atoms with Crippen LogP contribution in [0.15, 0.2) is 29.7 Å². The van der Waals surface area contributed by atoms with Crippen molar-refractivity contribution in [3.63, 3.8) is 0 Å². The quantitative estimate of drug-likeness (QED) is 0.817. The zero-order chi connectivity index (χ0) is 16.4. The first-order valence-electron chi connectivity index (χ1n) is 8.59. The summed E-state index contributed by atoms with van der Waals surface area (Å²) in [7, 11) is 0. The van der Waals surface area contributed by atoms with Crippen LogP contribution in [0.4, 0.5) is 0 Å². The van der Waals surface area contributed by atoms with Crippen molar-refractivity contribution in [2.24, 2.45) is 0 Å². The van der Waals surface area contributed by atoms with Crippen LogP contribution < -0.4 is 5.32 Å².